The summed E-state index contributed by atoms with van der Waals surface area (Å²) in [6.07, 6.45) is 1.44. The molecule has 0 atom stereocenters. The Bertz CT molecular complexity index is 764. The smallest absolute Gasteiger partial charge is 0.340 e. The van der Waals surface area contributed by atoms with Gasteiger partial charge in [0.1, 0.15) is 11.4 Å². The van der Waals surface area contributed by atoms with Crippen molar-refractivity contribution in [2.75, 3.05) is 0 Å². The topological polar surface area (TPSA) is 80.4 Å². The molecule has 0 aliphatic heterocycles. The van der Waals surface area contributed by atoms with E-state index in [0.717, 1.165) is 30.2 Å². The lowest BCUT2D eigenvalue weighted by Gasteiger charge is -2.11. The third-order valence-electron chi connectivity index (χ3n) is 3.42. The van der Waals surface area contributed by atoms with Crippen LogP contribution in [0.4, 0.5) is 4.39 Å². The van der Waals surface area contributed by atoms with E-state index in [2.05, 4.69) is 0 Å². The van der Waals surface area contributed by atoms with E-state index >= 15 is 0 Å². The minimum Gasteiger partial charge on any atom is -0.478 e. The van der Waals surface area contributed by atoms with Crippen molar-refractivity contribution in [3.05, 3.63) is 44.7 Å². The fourth-order valence-electron chi connectivity index (χ4n) is 2.08. The van der Waals surface area contributed by atoms with Gasteiger partial charge in [0.25, 0.3) is 0 Å². The van der Waals surface area contributed by atoms with Gasteiger partial charge in [0.2, 0.25) is 5.43 Å². The number of carboxylic acids is 1. The van der Waals surface area contributed by atoms with E-state index in [1.807, 2.05) is 0 Å². The lowest BCUT2D eigenvalue weighted by Crippen LogP contribution is -2.21. The SMILES string of the molecule is NC1(c2cc3scc(C(=O)O)c(=O)c3cc2F)CC1. The highest BCUT2D eigenvalue weighted by Gasteiger charge is 2.42. The number of halogens is 1. The molecule has 19 heavy (non-hydrogen) atoms. The summed E-state index contributed by atoms with van der Waals surface area (Å²) >= 11 is 1.11. The number of hydrogen-bond acceptors (Lipinski definition) is 4. The number of hydrogen-bond donors (Lipinski definition) is 2. The monoisotopic (exact) mass is 279 g/mol. The standard InChI is InChI=1S/C13H10FNO3S/c14-9-3-6-10(4-8(9)13(15)1-2-13)19-5-7(11(6)16)12(17)18/h3-5H,1-2,15H2,(H,17,18). The number of nitrogens with two attached hydrogens (primary N) is 1. The van der Waals surface area contributed by atoms with E-state index in [-0.39, 0.29) is 10.9 Å². The van der Waals surface area contributed by atoms with E-state index in [1.165, 1.54) is 5.38 Å². The Morgan fingerprint density at radius 1 is 1.42 bits per heavy atom. The highest BCUT2D eigenvalue weighted by atomic mass is 32.1. The molecule has 2 aromatic rings. The van der Waals surface area contributed by atoms with Crippen molar-refractivity contribution in [2.45, 2.75) is 18.4 Å². The van der Waals surface area contributed by atoms with Gasteiger partial charge in [0, 0.05) is 26.6 Å². The summed E-state index contributed by atoms with van der Waals surface area (Å²) in [6, 6.07) is 2.66. The molecular weight excluding hydrogens is 269 g/mol. The number of carbonyl (C=O) groups is 1. The summed E-state index contributed by atoms with van der Waals surface area (Å²) in [5.74, 6) is -1.84. The van der Waals surface area contributed by atoms with Gasteiger partial charge in [0.15, 0.2) is 0 Å². The van der Waals surface area contributed by atoms with Crippen molar-refractivity contribution in [3.8, 4) is 0 Å². The zero-order valence-electron chi connectivity index (χ0n) is 9.77. The molecule has 6 heteroatoms. The fraction of sp³-hybridized carbons (Fsp3) is 0.231. The first-order valence-corrected chi connectivity index (χ1v) is 6.58. The third-order valence-corrected chi connectivity index (χ3v) is 4.36. The molecule has 3 rings (SSSR count). The Morgan fingerprint density at radius 2 is 2.11 bits per heavy atom. The molecule has 0 bridgehead atoms. The summed E-state index contributed by atoms with van der Waals surface area (Å²) in [4.78, 5) is 22.8. The molecule has 0 unspecified atom stereocenters. The van der Waals surface area contributed by atoms with Crippen molar-refractivity contribution in [1.82, 2.24) is 0 Å². The molecule has 1 aliphatic rings. The Labute approximate surface area is 111 Å². The van der Waals surface area contributed by atoms with Gasteiger partial charge in [-0.2, -0.15) is 0 Å². The van der Waals surface area contributed by atoms with Gasteiger partial charge in [-0.25, -0.2) is 9.18 Å². The van der Waals surface area contributed by atoms with Crippen molar-refractivity contribution in [2.24, 2.45) is 5.73 Å². The molecule has 0 spiro atoms. The number of aromatic carboxylic acids is 1. The Kier molecular flexibility index (Phi) is 2.48. The maximum atomic E-state index is 14.0. The average Bonchev–Trinajstić information content (AvgIpc) is 3.08. The molecule has 0 amide bonds. The number of fused-ring (bicyclic) bond motifs is 1. The van der Waals surface area contributed by atoms with E-state index in [1.54, 1.807) is 6.07 Å². The van der Waals surface area contributed by atoms with E-state index in [9.17, 15) is 14.0 Å². The van der Waals surface area contributed by atoms with Crippen LogP contribution in [0.25, 0.3) is 10.1 Å². The molecule has 1 aromatic carbocycles. The summed E-state index contributed by atoms with van der Waals surface area (Å²) in [6.45, 7) is 0. The largest absolute Gasteiger partial charge is 0.478 e. The van der Waals surface area contributed by atoms with Crippen LogP contribution in [0.1, 0.15) is 28.8 Å². The molecule has 0 saturated heterocycles. The normalized spacial score (nSPS) is 16.5. The van der Waals surface area contributed by atoms with Gasteiger partial charge in [-0.05, 0) is 25.0 Å². The zero-order valence-corrected chi connectivity index (χ0v) is 10.6. The van der Waals surface area contributed by atoms with Crippen LogP contribution in [0.2, 0.25) is 0 Å². The molecular formula is C13H10FNO3S. The highest BCUT2D eigenvalue weighted by molar-refractivity contribution is 7.16. The lowest BCUT2D eigenvalue weighted by molar-refractivity contribution is 0.0696. The molecule has 4 nitrogen and oxygen atoms in total. The first-order valence-electron chi connectivity index (χ1n) is 5.70. The summed E-state index contributed by atoms with van der Waals surface area (Å²) in [5, 5.41) is 10.3. The minimum atomic E-state index is -1.30. The zero-order chi connectivity index (χ0) is 13.8. The van der Waals surface area contributed by atoms with Crippen LogP contribution in [-0.4, -0.2) is 11.1 Å². The maximum absolute atomic E-state index is 14.0. The van der Waals surface area contributed by atoms with Crippen molar-refractivity contribution in [3.63, 3.8) is 0 Å². The van der Waals surface area contributed by atoms with Crippen molar-refractivity contribution in [1.29, 1.82) is 0 Å². The van der Waals surface area contributed by atoms with Crippen LogP contribution in [0.15, 0.2) is 22.3 Å². The van der Waals surface area contributed by atoms with Gasteiger partial charge < -0.3 is 10.8 Å². The minimum absolute atomic E-state index is 0.0930. The molecule has 1 fully saturated rings. The van der Waals surface area contributed by atoms with Crippen LogP contribution in [0.5, 0.6) is 0 Å². The van der Waals surface area contributed by atoms with E-state index < -0.39 is 22.8 Å². The Morgan fingerprint density at radius 3 is 2.68 bits per heavy atom. The van der Waals surface area contributed by atoms with Gasteiger partial charge in [-0.3, -0.25) is 4.79 Å². The van der Waals surface area contributed by atoms with Crippen LogP contribution in [0.3, 0.4) is 0 Å². The molecule has 0 radical (unpaired) electrons. The third kappa shape index (κ3) is 1.84. The van der Waals surface area contributed by atoms with E-state index in [4.69, 9.17) is 10.8 Å². The second kappa shape index (κ2) is 3.85. The molecule has 98 valence electrons. The lowest BCUT2D eigenvalue weighted by atomic mass is 10.0. The van der Waals surface area contributed by atoms with Crippen molar-refractivity contribution < 1.29 is 14.3 Å². The first kappa shape index (κ1) is 12.3. The van der Waals surface area contributed by atoms with Crippen molar-refractivity contribution >= 4 is 27.4 Å². The number of rotatable bonds is 2. The number of benzene rings is 1. The Balaban J connectivity index is 2.30. The second-order valence-corrected chi connectivity index (χ2v) is 5.68. The van der Waals surface area contributed by atoms with Crippen LogP contribution in [0, 0.1) is 5.82 Å². The van der Waals surface area contributed by atoms with Crippen LogP contribution in [-0.2, 0) is 5.54 Å². The van der Waals surface area contributed by atoms with Gasteiger partial charge in [-0.1, -0.05) is 0 Å². The van der Waals surface area contributed by atoms with Gasteiger partial charge >= 0.3 is 5.97 Å². The number of carboxylic acid groups (broad SMARTS) is 1. The highest BCUT2D eigenvalue weighted by Crippen LogP contribution is 2.44. The van der Waals surface area contributed by atoms with Gasteiger partial charge in [-0.15, -0.1) is 11.3 Å². The first-order chi connectivity index (χ1) is 8.92. The van der Waals surface area contributed by atoms with Crippen LogP contribution >= 0.6 is 11.3 Å². The van der Waals surface area contributed by atoms with Crippen LogP contribution < -0.4 is 11.2 Å². The molecule has 1 heterocycles. The quantitative estimate of drug-likeness (QED) is 0.881. The Hall–Kier alpha value is -1.79. The van der Waals surface area contributed by atoms with E-state index in [0.29, 0.717) is 10.3 Å². The average molecular weight is 279 g/mol. The summed E-state index contributed by atoms with van der Waals surface area (Å²) in [5.41, 5.74) is 4.75. The summed E-state index contributed by atoms with van der Waals surface area (Å²) < 4.78 is 14.6. The molecule has 3 N–H and O–H groups in total. The molecule has 1 saturated carbocycles. The predicted molar refractivity (Wildman–Crippen MR) is 70.1 cm³/mol. The molecule has 1 aromatic heterocycles. The van der Waals surface area contributed by atoms with Gasteiger partial charge in [0.05, 0.1) is 0 Å². The molecule has 1 aliphatic carbocycles. The second-order valence-electron chi connectivity index (χ2n) is 4.77. The predicted octanol–water partition coefficient (Wildman–Crippen LogP) is 2.05. The summed E-state index contributed by atoms with van der Waals surface area (Å²) in [7, 11) is 0. The fourth-order valence-corrected chi connectivity index (χ4v) is 3.00. The maximum Gasteiger partial charge on any atom is 0.340 e.